The van der Waals surface area contributed by atoms with E-state index in [9.17, 15) is 15.0 Å². The van der Waals surface area contributed by atoms with Gasteiger partial charge >= 0.3 is 0 Å². The maximum absolute atomic E-state index is 12.4. The molecule has 2 aromatic carbocycles. The Morgan fingerprint density at radius 2 is 1.86 bits per heavy atom. The van der Waals surface area contributed by atoms with Gasteiger partial charge in [-0.05, 0) is 23.8 Å². The minimum absolute atomic E-state index is 0.0875. The van der Waals surface area contributed by atoms with Gasteiger partial charge in [-0.25, -0.2) is 0 Å². The minimum atomic E-state index is -0.134. The van der Waals surface area contributed by atoms with Gasteiger partial charge in [-0.2, -0.15) is 0 Å². The lowest BCUT2D eigenvalue weighted by molar-refractivity contribution is 0.0997. The fourth-order valence-electron chi connectivity index (χ4n) is 2.32. The molecule has 0 unspecified atom stereocenters. The van der Waals surface area contributed by atoms with Gasteiger partial charge in [0.15, 0.2) is 17.3 Å². The van der Waals surface area contributed by atoms with Crippen LogP contribution in [0.3, 0.4) is 0 Å². The summed E-state index contributed by atoms with van der Waals surface area (Å²) in [4.78, 5) is 12.4. The van der Waals surface area contributed by atoms with Crippen molar-refractivity contribution in [3.63, 3.8) is 0 Å². The van der Waals surface area contributed by atoms with Gasteiger partial charge in [0.05, 0.1) is 18.9 Å². The number of Topliss-reactive ketones (excluding diaryl/α,β-unsaturated/α-hetero) is 1. The number of methoxy groups -OCH3 is 1. The first kappa shape index (κ1) is 14.0. The van der Waals surface area contributed by atoms with Crippen molar-refractivity contribution < 1.29 is 24.5 Å². The number of aromatic hydroxyl groups is 2. The van der Waals surface area contributed by atoms with Crippen LogP contribution in [0.1, 0.15) is 22.3 Å². The summed E-state index contributed by atoms with van der Waals surface area (Å²) >= 11 is 0. The molecule has 22 heavy (non-hydrogen) atoms. The normalized spacial score (nSPS) is 13.7. The molecule has 0 radical (unpaired) electrons. The van der Waals surface area contributed by atoms with Crippen LogP contribution in [0.4, 0.5) is 0 Å². The van der Waals surface area contributed by atoms with E-state index in [0.29, 0.717) is 11.1 Å². The lowest BCUT2D eigenvalue weighted by Gasteiger charge is -2.08. The Kier molecular flexibility index (Phi) is 3.47. The van der Waals surface area contributed by atoms with E-state index in [4.69, 9.17) is 9.47 Å². The Bertz CT molecular complexity index is 759. The van der Waals surface area contributed by atoms with Crippen molar-refractivity contribution in [2.24, 2.45) is 0 Å². The van der Waals surface area contributed by atoms with Crippen LogP contribution in [-0.4, -0.2) is 23.1 Å². The zero-order valence-corrected chi connectivity index (χ0v) is 11.9. The van der Waals surface area contributed by atoms with Gasteiger partial charge in [0.2, 0.25) is 0 Å². The highest BCUT2D eigenvalue weighted by Gasteiger charge is 2.22. The molecule has 0 saturated carbocycles. The van der Waals surface area contributed by atoms with E-state index in [-0.39, 0.29) is 35.2 Å². The average Bonchev–Trinajstić information content (AvgIpc) is 2.66. The smallest absolute Gasteiger partial charge is 0.171 e. The molecule has 0 aromatic heterocycles. The highest BCUT2D eigenvalue weighted by atomic mass is 16.5. The van der Waals surface area contributed by atoms with Gasteiger partial charge < -0.3 is 19.7 Å². The molecule has 3 rings (SSSR count). The molecule has 0 amide bonds. The third-order valence-corrected chi connectivity index (χ3v) is 3.50. The number of carbonyl (C=O) groups is 1. The number of phenols is 2. The van der Waals surface area contributed by atoms with E-state index in [2.05, 4.69) is 0 Å². The Hall–Kier alpha value is -2.95. The molecule has 0 saturated heterocycles. The van der Waals surface area contributed by atoms with Crippen molar-refractivity contribution in [1.29, 1.82) is 0 Å². The number of ketones is 1. The van der Waals surface area contributed by atoms with E-state index < -0.39 is 0 Å². The SMILES string of the molecule is COc1cc2c(cc1O)OC=C(c1ccc(O)cc1)CC2=O. The highest BCUT2D eigenvalue weighted by molar-refractivity contribution is 6.05. The van der Waals surface area contributed by atoms with Gasteiger partial charge in [-0.15, -0.1) is 0 Å². The topological polar surface area (TPSA) is 76.0 Å². The summed E-state index contributed by atoms with van der Waals surface area (Å²) < 4.78 is 10.6. The summed E-state index contributed by atoms with van der Waals surface area (Å²) in [5.74, 6) is 0.449. The van der Waals surface area contributed by atoms with Gasteiger partial charge in [-0.1, -0.05) is 12.1 Å². The Morgan fingerprint density at radius 3 is 2.55 bits per heavy atom. The zero-order chi connectivity index (χ0) is 15.7. The zero-order valence-electron chi connectivity index (χ0n) is 11.9. The van der Waals surface area contributed by atoms with Crippen LogP contribution in [0.5, 0.6) is 23.0 Å². The maximum atomic E-state index is 12.4. The summed E-state index contributed by atoms with van der Waals surface area (Å²) in [5.41, 5.74) is 1.84. The number of phenolic OH excluding ortho intramolecular Hbond substituents is 2. The number of carbonyl (C=O) groups excluding carboxylic acids is 1. The lowest BCUT2D eigenvalue weighted by atomic mass is 9.98. The first-order chi connectivity index (χ1) is 10.6. The minimum Gasteiger partial charge on any atom is -0.508 e. The number of hydrogen-bond donors (Lipinski definition) is 2. The fraction of sp³-hybridized carbons (Fsp3) is 0.118. The molecule has 2 aromatic rings. The summed E-state index contributed by atoms with van der Waals surface area (Å²) in [6.45, 7) is 0. The number of hydrogen-bond acceptors (Lipinski definition) is 5. The monoisotopic (exact) mass is 298 g/mol. The van der Waals surface area contributed by atoms with Crippen LogP contribution in [0.2, 0.25) is 0 Å². The van der Waals surface area contributed by atoms with E-state index in [0.717, 1.165) is 5.56 Å². The third kappa shape index (κ3) is 2.48. The summed E-state index contributed by atoms with van der Waals surface area (Å²) in [6.07, 6.45) is 1.65. The Balaban J connectivity index is 1.99. The van der Waals surface area contributed by atoms with Crippen molar-refractivity contribution in [1.82, 2.24) is 0 Å². The van der Waals surface area contributed by atoms with E-state index in [1.54, 1.807) is 24.3 Å². The molecule has 2 N–H and O–H groups in total. The predicted molar refractivity (Wildman–Crippen MR) is 80.3 cm³/mol. The lowest BCUT2D eigenvalue weighted by Crippen LogP contribution is -2.00. The van der Waals surface area contributed by atoms with Crippen LogP contribution in [0.25, 0.3) is 5.57 Å². The molecule has 0 spiro atoms. The molecule has 1 heterocycles. The van der Waals surface area contributed by atoms with Crippen LogP contribution < -0.4 is 9.47 Å². The van der Waals surface area contributed by atoms with Crippen molar-refractivity contribution in [2.45, 2.75) is 6.42 Å². The quantitative estimate of drug-likeness (QED) is 0.891. The molecule has 1 aliphatic heterocycles. The molecule has 0 atom stereocenters. The second-order valence-electron chi connectivity index (χ2n) is 4.93. The predicted octanol–water partition coefficient (Wildman–Crippen LogP) is 3.11. The Labute approximate surface area is 127 Å². The number of fused-ring (bicyclic) bond motifs is 1. The molecule has 5 heteroatoms. The second-order valence-corrected chi connectivity index (χ2v) is 4.93. The molecule has 0 aliphatic carbocycles. The van der Waals surface area contributed by atoms with Crippen molar-refractivity contribution >= 4 is 11.4 Å². The number of rotatable bonds is 2. The molecule has 0 fully saturated rings. The first-order valence-corrected chi connectivity index (χ1v) is 6.68. The van der Waals surface area contributed by atoms with Crippen molar-refractivity contribution in [2.75, 3.05) is 7.11 Å². The van der Waals surface area contributed by atoms with Crippen LogP contribution in [0.15, 0.2) is 42.7 Å². The standard InChI is InChI=1S/C17H14O5/c1-21-17-7-13-14(19)6-11(9-22-16(13)8-15(17)20)10-2-4-12(18)5-3-10/h2-5,7-9,18,20H,6H2,1H3. The number of benzene rings is 2. The van der Waals surface area contributed by atoms with Gasteiger partial charge in [0.25, 0.3) is 0 Å². The van der Waals surface area contributed by atoms with Crippen LogP contribution >= 0.6 is 0 Å². The van der Waals surface area contributed by atoms with Gasteiger partial charge in [0, 0.05) is 18.1 Å². The molecular formula is C17H14O5. The Morgan fingerprint density at radius 1 is 1.14 bits per heavy atom. The number of ether oxygens (including phenoxy) is 2. The summed E-state index contributed by atoms with van der Waals surface area (Å²) in [5, 5.41) is 19.1. The summed E-state index contributed by atoms with van der Waals surface area (Å²) in [7, 11) is 1.42. The molecule has 1 aliphatic rings. The van der Waals surface area contributed by atoms with Gasteiger partial charge in [0.1, 0.15) is 11.5 Å². The summed E-state index contributed by atoms with van der Waals surface area (Å²) in [6, 6.07) is 9.36. The van der Waals surface area contributed by atoms with Gasteiger partial charge in [-0.3, -0.25) is 4.79 Å². The largest absolute Gasteiger partial charge is 0.508 e. The van der Waals surface area contributed by atoms with Crippen molar-refractivity contribution in [3.05, 3.63) is 53.8 Å². The molecule has 112 valence electrons. The maximum Gasteiger partial charge on any atom is 0.171 e. The van der Waals surface area contributed by atoms with Crippen LogP contribution in [0, 0.1) is 0 Å². The number of allylic oxidation sites excluding steroid dienone is 1. The third-order valence-electron chi connectivity index (χ3n) is 3.50. The molecule has 0 bridgehead atoms. The molecular weight excluding hydrogens is 284 g/mol. The molecule has 5 nitrogen and oxygen atoms in total. The average molecular weight is 298 g/mol. The fourth-order valence-corrected chi connectivity index (χ4v) is 2.32. The van der Waals surface area contributed by atoms with E-state index in [1.807, 2.05) is 0 Å². The van der Waals surface area contributed by atoms with Crippen molar-refractivity contribution in [3.8, 4) is 23.0 Å². The van der Waals surface area contributed by atoms with E-state index >= 15 is 0 Å². The highest BCUT2D eigenvalue weighted by Crippen LogP contribution is 2.37. The van der Waals surface area contributed by atoms with Crippen LogP contribution in [-0.2, 0) is 0 Å². The second kappa shape index (κ2) is 5.44. The van der Waals surface area contributed by atoms with E-state index in [1.165, 1.54) is 25.5 Å². The first-order valence-electron chi connectivity index (χ1n) is 6.68.